The van der Waals surface area contributed by atoms with Gasteiger partial charge in [0, 0.05) is 18.7 Å². The van der Waals surface area contributed by atoms with Crippen molar-refractivity contribution in [2.45, 2.75) is 23.8 Å². The van der Waals surface area contributed by atoms with E-state index in [2.05, 4.69) is 10.3 Å². The molecule has 0 spiro atoms. The summed E-state index contributed by atoms with van der Waals surface area (Å²) in [5.74, 6) is 0.919. The molecule has 5 rings (SSSR count). The predicted molar refractivity (Wildman–Crippen MR) is 113 cm³/mol. The highest BCUT2D eigenvalue weighted by molar-refractivity contribution is 7.89. The van der Waals surface area contributed by atoms with E-state index in [0.29, 0.717) is 54.7 Å². The van der Waals surface area contributed by atoms with E-state index in [9.17, 15) is 13.2 Å². The van der Waals surface area contributed by atoms with Gasteiger partial charge in [0.2, 0.25) is 15.9 Å². The zero-order chi connectivity index (χ0) is 20.7. The van der Waals surface area contributed by atoms with Gasteiger partial charge in [-0.1, -0.05) is 29.5 Å². The quantitative estimate of drug-likeness (QED) is 0.663. The topological polar surface area (TPSA) is 97.8 Å². The molecule has 1 saturated heterocycles. The van der Waals surface area contributed by atoms with Crippen molar-refractivity contribution in [1.29, 1.82) is 0 Å². The van der Waals surface area contributed by atoms with Crippen molar-refractivity contribution in [3.63, 3.8) is 0 Å². The van der Waals surface area contributed by atoms with Crippen LogP contribution in [0.5, 0.6) is 11.5 Å². The smallest absolute Gasteiger partial charge is 0.244 e. The second-order valence-electron chi connectivity index (χ2n) is 7.06. The molecular formula is C20H19N3O5S2. The molecule has 1 amide bonds. The van der Waals surface area contributed by atoms with E-state index in [1.807, 2.05) is 6.07 Å². The SMILES string of the molecule is O=C(Nc1nc2cc3c(cc2s1)OCCO3)C1CCCN1S(=O)(=O)c1ccccc1. The number of anilines is 1. The molecule has 1 N–H and O–H groups in total. The second kappa shape index (κ2) is 7.53. The Hall–Kier alpha value is -2.69. The third-order valence-corrected chi connectivity index (χ3v) is 7.99. The van der Waals surface area contributed by atoms with Gasteiger partial charge in [-0.05, 0) is 25.0 Å². The van der Waals surface area contributed by atoms with Crippen molar-refractivity contribution >= 4 is 42.6 Å². The monoisotopic (exact) mass is 445 g/mol. The lowest BCUT2D eigenvalue weighted by molar-refractivity contribution is -0.119. The third kappa shape index (κ3) is 3.40. The van der Waals surface area contributed by atoms with Crippen LogP contribution < -0.4 is 14.8 Å². The maximum atomic E-state index is 13.0. The van der Waals surface area contributed by atoms with Gasteiger partial charge >= 0.3 is 0 Å². The number of rotatable bonds is 4. The van der Waals surface area contributed by atoms with Gasteiger partial charge in [-0.15, -0.1) is 0 Å². The van der Waals surface area contributed by atoms with Crippen LogP contribution in [0.15, 0.2) is 47.4 Å². The molecule has 8 nitrogen and oxygen atoms in total. The second-order valence-corrected chi connectivity index (χ2v) is 9.98. The van der Waals surface area contributed by atoms with Crippen LogP contribution in [0.2, 0.25) is 0 Å². The Balaban J connectivity index is 1.38. The Morgan fingerprint density at radius 1 is 1.13 bits per heavy atom. The highest BCUT2D eigenvalue weighted by atomic mass is 32.2. The number of fused-ring (bicyclic) bond motifs is 2. The van der Waals surface area contributed by atoms with Crippen LogP contribution in [-0.2, 0) is 14.8 Å². The highest BCUT2D eigenvalue weighted by Crippen LogP contribution is 2.38. The molecule has 10 heteroatoms. The molecule has 1 unspecified atom stereocenters. The molecule has 1 fully saturated rings. The van der Waals surface area contributed by atoms with Gasteiger partial charge in [-0.2, -0.15) is 4.31 Å². The molecule has 3 aromatic rings. The van der Waals surface area contributed by atoms with Gasteiger partial charge < -0.3 is 14.8 Å². The number of ether oxygens (including phenoxy) is 2. The number of thiazole rings is 1. The molecule has 3 heterocycles. The number of aromatic nitrogens is 1. The van der Waals surface area contributed by atoms with Crippen LogP contribution in [0.4, 0.5) is 5.13 Å². The molecule has 30 heavy (non-hydrogen) atoms. The average Bonchev–Trinajstić information content (AvgIpc) is 3.39. The number of carbonyl (C=O) groups is 1. The van der Waals surface area contributed by atoms with Crippen LogP contribution in [0.1, 0.15) is 12.8 Å². The summed E-state index contributed by atoms with van der Waals surface area (Å²) < 4.78 is 39.3. The van der Waals surface area contributed by atoms with Crippen LogP contribution in [0, 0.1) is 0 Å². The first-order valence-corrected chi connectivity index (χ1v) is 11.9. The number of nitrogens with zero attached hydrogens (tertiary/aromatic N) is 2. The summed E-state index contributed by atoms with van der Waals surface area (Å²) in [6.45, 7) is 1.30. The van der Waals surface area contributed by atoms with Crippen molar-refractivity contribution in [3.05, 3.63) is 42.5 Å². The minimum atomic E-state index is -3.74. The molecule has 0 radical (unpaired) electrons. The standard InChI is InChI=1S/C20H19N3O5S2/c24-19(15-7-4-8-23(15)30(25,26)13-5-2-1-3-6-13)22-20-21-14-11-16-17(12-18(14)29-20)28-10-9-27-16/h1-3,5-6,11-12,15H,4,7-10H2,(H,21,22,24). The van der Waals surface area contributed by atoms with Crippen molar-refractivity contribution in [2.24, 2.45) is 0 Å². The summed E-state index contributed by atoms with van der Waals surface area (Å²) in [4.78, 5) is 17.6. The Labute approximate surface area is 177 Å². The molecule has 0 aliphatic carbocycles. The van der Waals surface area contributed by atoms with Gasteiger partial charge in [0.25, 0.3) is 0 Å². The summed E-state index contributed by atoms with van der Waals surface area (Å²) in [5.41, 5.74) is 0.694. The third-order valence-electron chi connectivity index (χ3n) is 5.14. The van der Waals surface area contributed by atoms with E-state index in [4.69, 9.17) is 9.47 Å². The van der Waals surface area contributed by atoms with Crippen LogP contribution >= 0.6 is 11.3 Å². The minimum absolute atomic E-state index is 0.190. The van der Waals surface area contributed by atoms with Crippen molar-refractivity contribution in [1.82, 2.24) is 9.29 Å². The molecule has 156 valence electrons. The van der Waals surface area contributed by atoms with Gasteiger partial charge in [0.05, 0.1) is 15.1 Å². The molecular weight excluding hydrogens is 426 g/mol. The van der Waals surface area contributed by atoms with Crippen molar-refractivity contribution in [2.75, 3.05) is 25.1 Å². The first-order chi connectivity index (χ1) is 14.5. The predicted octanol–water partition coefficient (Wildman–Crippen LogP) is 2.86. The molecule has 0 bridgehead atoms. The normalized spacial score (nSPS) is 19.1. The van der Waals surface area contributed by atoms with Crippen LogP contribution in [0.3, 0.4) is 0 Å². The average molecular weight is 446 g/mol. The number of hydrogen-bond donors (Lipinski definition) is 1. The first kappa shape index (κ1) is 19.3. The summed E-state index contributed by atoms with van der Waals surface area (Å²) in [6.07, 6.45) is 1.10. The van der Waals surface area contributed by atoms with E-state index in [1.54, 1.807) is 36.4 Å². The first-order valence-electron chi connectivity index (χ1n) is 9.60. The van der Waals surface area contributed by atoms with Gasteiger partial charge in [-0.3, -0.25) is 4.79 Å². The Kier molecular flexibility index (Phi) is 4.84. The van der Waals surface area contributed by atoms with Gasteiger partial charge in [-0.25, -0.2) is 13.4 Å². The lowest BCUT2D eigenvalue weighted by Gasteiger charge is -2.22. The Morgan fingerprint density at radius 2 is 1.87 bits per heavy atom. The van der Waals surface area contributed by atoms with E-state index in [-0.39, 0.29) is 10.8 Å². The van der Waals surface area contributed by atoms with Gasteiger partial charge in [0.15, 0.2) is 16.6 Å². The lowest BCUT2D eigenvalue weighted by Crippen LogP contribution is -2.43. The number of sulfonamides is 1. The molecule has 2 aliphatic heterocycles. The van der Waals surface area contributed by atoms with Gasteiger partial charge in [0.1, 0.15) is 19.3 Å². The molecule has 1 aromatic heterocycles. The van der Waals surface area contributed by atoms with Crippen molar-refractivity contribution < 1.29 is 22.7 Å². The summed E-state index contributed by atoms with van der Waals surface area (Å²) in [6, 6.07) is 11.1. The Bertz CT molecular complexity index is 1170. The zero-order valence-corrected chi connectivity index (χ0v) is 17.5. The maximum Gasteiger partial charge on any atom is 0.244 e. The Morgan fingerprint density at radius 3 is 2.63 bits per heavy atom. The van der Waals surface area contributed by atoms with E-state index in [1.165, 1.54) is 15.6 Å². The fourth-order valence-electron chi connectivity index (χ4n) is 3.72. The van der Waals surface area contributed by atoms with Crippen LogP contribution in [-0.4, -0.2) is 49.4 Å². The largest absolute Gasteiger partial charge is 0.486 e. The molecule has 0 saturated carbocycles. The van der Waals surface area contributed by atoms with Crippen LogP contribution in [0.25, 0.3) is 10.2 Å². The van der Waals surface area contributed by atoms with E-state index < -0.39 is 16.1 Å². The fraction of sp³-hybridized carbons (Fsp3) is 0.300. The molecule has 1 atom stereocenters. The number of benzene rings is 2. The highest BCUT2D eigenvalue weighted by Gasteiger charge is 2.39. The van der Waals surface area contributed by atoms with Crippen molar-refractivity contribution in [3.8, 4) is 11.5 Å². The number of amides is 1. The number of carbonyl (C=O) groups excluding carboxylic acids is 1. The maximum absolute atomic E-state index is 13.0. The molecule has 2 aliphatic rings. The lowest BCUT2D eigenvalue weighted by atomic mass is 10.2. The number of hydrogen-bond acceptors (Lipinski definition) is 7. The van der Waals surface area contributed by atoms with E-state index >= 15 is 0 Å². The minimum Gasteiger partial charge on any atom is -0.486 e. The fourth-order valence-corrected chi connectivity index (χ4v) is 6.28. The molecule has 2 aromatic carbocycles. The summed E-state index contributed by atoms with van der Waals surface area (Å²) in [5, 5.41) is 3.22. The number of nitrogens with one attached hydrogen (secondary N) is 1. The summed E-state index contributed by atoms with van der Waals surface area (Å²) >= 11 is 1.32. The zero-order valence-electron chi connectivity index (χ0n) is 15.9. The summed E-state index contributed by atoms with van der Waals surface area (Å²) in [7, 11) is -3.74. The van der Waals surface area contributed by atoms with E-state index in [0.717, 1.165) is 4.70 Å².